The molecule has 15 heavy (non-hydrogen) atoms. The fourth-order valence-corrected chi connectivity index (χ4v) is 4.23. The van der Waals surface area contributed by atoms with Crippen LogP contribution >= 0.6 is 11.8 Å². The summed E-state index contributed by atoms with van der Waals surface area (Å²) < 4.78 is 0. The summed E-state index contributed by atoms with van der Waals surface area (Å²) in [5.41, 5.74) is 0. The van der Waals surface area contributed by atoms with Gasteiger partial charge in [0.05, 0.1) is 0 Å². The Morgan fingerprint density at radius 3 is 2.60 bits per heavy atom. The van der Waals surface area contributed by atoms with Crippen molar-refractivity contribution in [2.24, 2.45) is 17.8 Å². The Morgan fingerprint density at radius 2 is 2.00 bits per heavy atom. The molecule has 0 saturated carbocycles. The van der Waals surface area contributed by atoms with Gasteiger partial charge in [-0.25, -0.2) is 0 Å². The molecule has 0 bridgehead atoms. The smallest absolute Gasteiger partial charge is 0.226 e. The van der Waals surface area contributed by atoms with Crippen LogP contribution in [0.3, 0.4) is 0 Å². The van der Waals surface area contributed by atoms with E-state index in [1.165, 1.54) is 5.75 Å². The first kappa shape index (κ1) is 9.97. The molecule has 3 fully saturated rings. The second-order valence-electron chi connectivity index (χ2n) is 4.98. The Morgan fingerprint density at radius 1 is 1.27 bits per heavy atom. The molecule has 0 aromatic heterocycles. The second kappa shape index (κ2) is 3.98. The Bertz CT molecular complexity index is 253. The normalized spacial score (nSPS) is 39.7. The third-order valence-corrected chi connectivity index (χ3v) is 5.14. The van der Waals surface area contributed by atoms with Gasteiger partial charge in [-0.15, -0.1) is 0 Å². The summed E-state index contributed by atoms with van der Waals surface area (Å²) in [6, 6.07) is 0. The number of carbonyl (C=O) groups is 1. The summed E-state index contributed by atoms with van der Waals surface area (Å²) in [7, 11) is 0. The first-order valence-electron chi connectivity index (χ1n) is 5.92. The average molecular weight is 226 g/mol. The van der Waals surface area contributed by atoms with Gasteiger partial charge < -0.3 is 10.2 Å². The number of rotatable bonds is 1. The SMILES string of the molecule is O=C(C1CCSC1)N1C[C@H]2CNC[C@H]2C1. The molecule has 4 heteroatoms. The van der Waals surface area contributed by atoms with Crippen molar-refractivity contribution in [1.29, 1.82) is 0 Å². The Kier molecular flexibility index (Phi) is 2.64. The van der Waals surface area contributed by atoms with Crippen molar-refractivity contribution in [2.75, 3.05) is 37.7 Å². The van der Waals surface area contributed by atoms with Gasteiger partial charge in [-0.3, -0.25) is 4.79 Å². The maximum atomic E-state index is 12.2. The van der Waals surface area contributed by atoms with E-state index < -0.39 is 0 Å². The molecule has 3 atom stereocenters. The minimum Gasteiger partial charge on any atom is -0.342 e. The lowest BCUT2D eigenvalue weighted by Gasteiger charge is -2.20. The molecule has 0 aromatic carbocycles. The fourth-order valence-electron chi connectivity index (χ4n) is 3.02. The van der Waals surface area contributed by atoms with Crippen LogP contribution in [0.2, 0.25) is 0 Å². The highest BCUT2D eigenvalue weighted by molar-refractivity contribution is 7.99. The first-order valence-corrected chi connectivity index (χ1v) is 7.07. The minimum absolute atomic E-state index is 0.335. The van der Waals surface area contributed by atoms with Crippen LogP contribution in [0.25, 0.3) is 0 Å². The number of hydrogen-bond donors (Lipinski definition) is 1. The topological polar surface area (TPSA) is 32.3 Å². The van der Waals surface area contributed by atoms with E-state index in [2.05, 4.69) is 10.2 Å². The molecule has 3 heterocycles. The molecule has 1 N–H and O–H groups in total. The molecule has 3 aliphatic rings. The number of likely N-dealkylation sites (tertiary alicyclic amines) is 1. The van der Waals surface area contributed by atoms with Crippen LogP contribution in [0.1, 0.15) is 6.42 Å². The van der Waals surface area contributed by atoms with Crippen LogP contribution in [0.4, 0.5) is 0 Å². The molecule has 3 saturated heterocycles. The largest absolute Gasteiger partial charge is 0.342 e. The number of carbonyl (C=O) groups excluding carboxylic acids is 1. The molecule has 0 radical (unpaired) electrons. The van der Waals surface area contributed by atoms with Gasteiger partial charge in [-0.05, 0) is 24.0 Å². The zero-order valence-electron chi connectivity index (χ0n) is 8.95. The molecule has 3 aliphatic heterocycles. The lowest BCUT2D eigenvalue weighted by atomic mass is 10.0. The number of amides is 1. The quantitative estimate of drug-likeness (QED) is 0.703. The Balaban J connectivity index is 1.61. The van der Waals surface area contributed by atoms with Crippen LogP contribution in [0.5, 0.6) is 0 Å². The molecular formula is C11H18N2OS. The number of thioether (sulfide) groups is 1. The van der Waals surface area contributed by atoms with Gasteiger partial charge >= 0.3 is 0 Å². The van der Waals surface area contributed by atoms with Gasteiger partial charge in [0.1, 0.15) is 0 Å². The zero-order chi connectivity index (χ0) is 10.3. The molecule has 0 spiro atoms. The van der Waals surface area contributed by atoms with Crippen molar-refractivity contribution < 1.29 is 4.79 Å². The van der Waals surface area contributed by atoms with Crippen molar-refractivity contribution in [2.45, 2.75) is 6.42 Å². The highest BCUT2D eigenvalue weighted by atomic mass is 32.2. The number of fused-ring (bicyclic) bond motifs is 1. The van der Waals surface area contributed by atoms with E-state index in [0.29, 0.717) is 11.8 Å². The van der Waals surface area contributed by atoms with E-state index in [9.17, 15) is 4.79 Å². The standard InChI is InChI=1S/C11H18N2OS/c14-11(8-1-2-15-7-8)13-5-9-3-12-4-10(9)6-13/h8-10,12H,1-7H2/t8?,9-,10+. The van der Waals surface area contributed by atoms with Crippen molar-refractivity contribution in [1.82, 2.24) is 10.2 Å². The molecule has 84 valence electrons. The van der Waals surface area contributed by atoms with E-state index in [1.807, 2.05) is 11.8 Å². The van der Waals surface area contributed by atoms with Crippen molar-refractivity contribution in [3.63, 3.8) is 0 Å². The van der Waals surface area contributed by atoms with E-state index in [-0.39, 0.29) is 0 Å². The van der Waals surface area contributed by atoms with Gasteiger partial charge in [-0.1, -0.05) is 0 Å². The van der Waals surface area contributed by atoms with E-state index >= 15 is 0 Å². The number of nitrogens with one attached hydrogen (secondary N) is 1. The van der Waals surface area contributed by atoms with Gasteiger partial charge in [0.25, 0.3) is 0 Å². The fraction of sp³-hybridized carbons (Fsp3) is 0.909. The summed E-state index contributed by atoms with van der Waals surface area (Å²) in [5.74, 6) is 4.49. The maximum Gasteiger partial charge on any atom is 0.226 e. The third kappa shape index (κ3) is 1.78. The predicted octanol–water partition coefficient (Wildman–Crippen LogP) is 0.417. The molecular weight excluding hydrogens is 208 g/mol. The van der Waals surface area contributed by atoms with Gasteiger partial charge in [-0.2, -0.15) is 11.8 Å². The Hall–Kier alpha value is -0.220. The van der Waals surface area contributed by atoms with E-state index in [4.69, 9.17) is 0 Å². The maximum absolute atomic E-state index is 12.2. The van der Waals surface area contributed by atoms with Gasteiger partial charge in [0, 0.05) is 37.8 Å². The van der Waals surface area contributed by atoms with Gasteiger partial charge in [0.2, 0.25) is 5.91 Å². The molecule has 1 amide bonds. The summed E-state index contributed by atoms with van der Waals surface area (Å²) in [5, 5.41) is 3.41. The zero-order valence-corrected chi connectivity index (χ0v) is 9.76. The highest BCUT2D eigenvalue weighted by Crippen LogP contribution is 2.31. The number of hydrogen-bond acceptors (Lipinski definition) is 3. The number of nitrogens with zero attached hydrogens (tertiary/aromatic N) is 1. The van der Waals surface area contributed by atoms with Crippen LogP contribution in [-0.4, -0.2) is 48.5 Å². The predicted molar refractivity (Wildman–Crippen MR) is 61.9 cm³/mol. The Labute approximate surface area is 95.0 Å². The van der Waals surface area contributed by atoms with Crippen molar-refractivity contribution in [3.8, 4) is 0 Å². The molecule has 3 rings (SSSR count). The summed E-state index contributed by atoms with van der Waals surface area (Å²) in [6.07, 6.45) is 1.10. The summed E-state index contributed by atoms with van der Waals surface area (Å²) >= 11 is 1.93. The van der Waals surface area contributed by atoms with E-state index in [1.54, 1.807) is 0 Å². The van der Waals surface area contributed by atoms with Crippen LogP contribution in [-0.2, 0) is 4.79 Å². The third-order valence-electron chi connectivity index (χ3n) is 3.98. The van der Waals surface area contributed by atoms with Crippen molar-refractivity contribution in [3.05, 3.63) is 0 Å². The van der Waals surface area contributed by atoms with E-state index in [0.717, 1.165) is 50.2 Å². The molecule has 0 aromatic rings. The molecule has 0 aliphatic carbocycles. The van der Waals surface area contributed by atoms with Crippen LogP contribution < -0.4 is 5.32 Å². The highest BCUT2D eigenvalue weighted by Gasteiger charge is 2.40. The molecule has 3 nitrogen and oxygen atoms in total. The minimum atomic E-state index is 0.335. The lowest BCUT2D eigenvalue weighted by Crippen LogP contribution is -2.36. The monoisotopic (exact) mass is 226 g/mol. The first-order chi connectivity index (χ1) is 7.34. The second-order valence-corrected chi connectivity index (χ2v) is 6.13. The van der Waals surface area contributed by atoms with Crippen molar-refractivity contribution >= 4 is 17.7 Å². The molecule has 1 unspecified atom stereocenters. The summed E-state index contributed by atoms with van der Waals surface area (Å²) in [4.78, 5) is 14.3. The lowest BCUT2D eigenvalue weighted by molar-refractivity contribution is -0.133. The summed E-state index contributed by atoms with van der Waals surface area (Å²) in [6.45, 7) is 4.26. The van der Waals surface area contributed by atoms with Crippen LogP contribution in [0, 0.1) is 17.8 Å². The average Bonchev–Trinajstić information content (AvgIpc) is 2.92. The van der Waals surface area contributed by atoms with Gasteiger partial charge in [0.15, 0.2) is 0 Å². The van der Waals surface area contributed by atoms with Crippen LogP contribution in [0.15, 0.2) is 0 Å².